The molecular weight excluding hydrogens is 205 g/mol. The molecule has 1 aromatic carbocycles. The first-order valence-corrected chi connectivity index (χ1v) is 5.16. The second kappa shape index (κ2) is 4.35. The molecule has 1 heterocycles. The molecule has 4 heteroatoms. The van der Waals surface area contributed by atoms with E-state index in [0.717, 1.165) is 11.5 Å². The molecule has 0 aliphatic heterocycles. The maximum absolute atomic E-state index is 13.4. The molecule has 2 aromatic rings. The normalized spacial score (nSPS) is 10.4. The summed E-state index contributed by atoms with van der Waals surface area (Å²) in [6, 6.07) is 8.69. The van der Waals surface area contributed by atoms with Crippen molar-refractivity contribution >= 4 is 5.82 Å². The lowest BCUT2D eigenvalue weighted by Gasteiger charge is -2.05. The quantitative estimate of drug-likeness (QED) is 0.859. The Morgan fingerprint density at radius 3 is 2.75 bits per heavy atom. The van der Waals surface area contributed by atoms with Crippen molar-refractivity contribution in [1.82, 2.24) is 9.78 Å². The van der Waals surface area contributed by atoms with Crippen LogP contribution in [-0.2, 0) is 6.54 Å². The fraction of sp³-hybridized carbons (Fsp3) is 0.250. The summed E-state index contributed by atoms with van der Waals surface area (Å²) in [5.41, 5.74) is 1.66. The van der Waals surface area contributed by atoms with E-state index in [0.29, 0.717) is 12.1 Å². The summed E-state index contributed by atoms with van der Waals surface area (Å²) in [5, 5.41) is 7.27. The van der Waals surface area contributed by atoms with Gasteiger partial charge in [0.1, 0.15) is 11.6 Å². The Kier molecular flexibility index (Phi) is 2.90. The molecule has 2 rings (SSSR count). The van der Waals surface area contributed by atoms with E-state index in [4.69, 9.17) is 0 Å². The fourth-order valence-corrected chi connectivity index (χ4v) is 1.58. The number of halogens is 1. The predicted octanol–water partition coefficient (Wildman–Crippen LogP) is 2.42. The molecule has 84 valence electrons. The van der Waals surface area contributed by atoms with Gasteiger partial charge in [0.15, 0.2) is 0 Å². The maximum Gasteiger partial charge on any atom is 0.148 e. The van der Waals surface area contributed by atoms with E-state index >= 15 is 0 Å². The van der Waals surface area contributed by atoms with Crippen molar-refractivity contribution in [3.8, 4) is 0 Å². The van der Waals surface area contributed by atoms with Gasteiger partial charge in [-0.25, -0.2) is 4.39 Å². The van der Waals surface area contributed by atoms with Crippen molar-refractivity contribution in [3.63, 3.8) is 0 Å². The van der Waals surface area contributed by atoms with E-state index < -0.39 is 0 Å². The van der Waals surface area contributed by atoms with Gasteiger partial charge in [0, 0.05) is 24.4 Å². The van der Waals surface area contributed by atoms with Crippen LogP contribution in [0.15, 0.2) is 30.3 Å². The van der Waals surface area contributed by atoms with Gasteiger partial charge in [-0.15, -0.1) is 0 Å². The molecule has 0 bridgehead atoms. The Bertz CT molecular complexity index is 491. The van der Waals surface area contributed by atoms with Crippen LogP contribution in [0.1, 0.15) is 11.3 Å². The summed E-state index contributed by atoms with van der Waals surface area (Å²) in [6.45, 7) is 2.41. The summed E-state index contributed by atoms with van der Waals surface area (Å²) in [4.78, 5) is 0. The molecule has 0 saturated carbocycles. The van der Waals surface area contributed by atoms with Crippen LogP contribution >= 0.6 is 0 Å². The lowest BCUT2D eigenvalue weighted by molar-refractivity contribution is 0.581. The Balaban J connectivity index is 2.27. The van der Waals surface area contributed by atoms with E-state index in [-0.39, 0.29) is 5.82 Å². The van der Waals surface area contributed by atoms with Gasteiger partial charge in [-0.3, -0.25) is 4.68 Å². The molecule has 0 amide bonds. The zero-order valence-electron chi connectivity index (χ0n) is 9.37. The zero-order chi connectivity index (χ0) is 11.5. The van der Waals surface area contributed by atoms with Crippen molar-refractivity contribution in [3.05, 3.63) is 47.4 Å². The van der Waals surface area contributed by atoms with Crippen molar-refractivity contribution in [2.75, 3.05) is 12.4 Å². The van der Waals surface area contributed by atoms with Crippen LogP contribution < -0.4 is 5.32 Å². The molecular formula is C12H14FN3. The first-order valence-electron chi connectivity index (χ1n) is 5.16. The first kappa shape index (κ1) is 10.7. The summed E-state index contributed by atoms with van der Waals surface area (Å²) in [7, 11) is 1.81. The topological polar surface area (TPSA) is 29.9 Å². The predicted molar refractivity (Wildman–Crippen MR) is 62.0 cm³/mol. The molecule has 0 unspecified atom stereocenters. The van der Waals surface area contributed by atoms with E-state index in [1.54, 1.807) is 16.8 Å². The molecule has 3 nitrogen and oxygen atoms in total. The number of anilines is 1. The highest BCUT2D eigenvalue weighted by Gasteiger charge is 2.06. The highest BCUT2D eigenvalue weighted by Crippen LogP contribution is 2.12. The molecule has 0 aliphatic rings. The Morgan fingerprint density at radius 1 is 1.38 bits per heavy atom. The summed E-state index contributed by atoms with van der Waals surface area (Å²) in [5.74, 6) is 0.609. The van der Waals surface area contributed by atoms with E-state index in [2.05, 4.69) is 10.4 Å². The third-order valence-electron chi connectivity index (χ3n) is 2.52. The molecule has 0 spiro atoms. The number of aromatic nitrogens is 2. The monoisotopic (exact) mass is 219 g/mol. The zero-order valence-corrected chi connectivity index (χ0v) is 9.37. The van der Waals surface area contributed by atoms with Crippen LogP contribution in [0.4, 0.5) is 10.2 Å². The number of nitrogens with one attached hydrogen (secondary N) is 1. The van der Waals surface area contributed by atoms with Crippen LogP contribution in [0, 0.1) is 12.7 Å². The lowest BCUT2D eigenvalue weighted by Crippen LogP contribution is -2.05. The van der Waals surface area contributed by atoms with Gasteiger partial charge in [-0.1, -0.05) is 18.2 Å². The van der Waals surface area contributed by atoms with Gasteiger partial charge >= 0.3 is 0 Å². The van der Waals surface area contributed by atoms with Crippen LogP contribution in [0.25, 0.3) is 0 Å². The van der Waals surface area contributed by atoms with Crippen LogP contribution in [0.3, 0.4) is 0 Å². The highest BCUT2D eigenvalue weighted by atomic mass is 19.1. The van der Waals surface area contributed by atoms with Crippen molar-refractivity contribution < 1.29 is 4.39 Å². The largest absolute Gasteiger partial charge is 0.372 e. The minimum absolute atomic E-state index is 0.191. The highest BCUT2D eigenvalue weighted by molar-refractivity contribution is 5.35. The van der Waals surface area contributed by atoms with Crippen LogP contribution in [0.2, 0.25) is 0 Å². The Morgan fingerprint density at radius 2 is 2.12 bits per heavy atom. The standard InChI is InChI=1S/C12H14FN3/c1-9-7-12(14-2)15-16(9)8-10-5-3-4-6-11(10)13/h3-7H,8H2,1-2H3,(H,14,15). The van der Waals surface area contributed by atoms with Crippen LogP contribution in [-0.4, -0.2) is 16.8 Å². The average molecular weight is 219 g/mol. The number of benzene rings is 1. The molecule has 1 N–H and O–H groups in total. The SMILES string of the molecule is CNc1cc(C)n(Cc2ccccc2F)n1. The van der Waals surface area contributed by atoms with E-state index in [1.165, 1.54) is 6.07 Å². The molecule has 0 fully saturated rings. The minimum Gasteiger partial charge on any atom is -0.372 e. The second-order valence-electron chi connectivity index (χ2n) is 3.67. The molecule has 16 heavy (non-hydrogen) atoms. The average Bonchev–Trinajstić information content (AvgIpc) is 2.63. The van der Waals surface area contributed by atoms with Gasteiger partial charge in [-0.05, 0) is 13.0 Å². The van der Waals surface area contributed by atoms with Gasteiger partial charge < -0.3 is 5.32 Å². The van der Waals surface area contributed by atoms with Crippen molar-refractivity contribution in [1.29, 1.82) is 0 Å². The van der Waals surface area contributed by atoms with Gasteiger partial charge in [0.25, 0.3) is 0 Å². The molecule has 1 aromatic heterocycles. The fourth-order valence-electron chi connectivity index (χ4n) is 1.58. The number of rotatable bonds is 3. The smallest absolute Gasteiger partial charge is 0.148 e. The number of hydrogen-bond acceptors (Lipinski definition) is 2. The summed E-state index contributed by atoms with van der Waals surface area (Å²) >= 11 is 0. The minimum atomic E-state index is -0.191. The molecule has 0 atom stereocenters. The maximum atomic E-state index is 13.4. The lowest BCUT2D eigenvalue weighted by atomic mass is 10.2. The number of nitrogens with zero attached hydrogens (tertiary/aromatic N) is 2. The third kappa shape index (κ3) is 2.05. The van der Waals surface area contributed by atoms with Gasteiger partial charge in [0.2, 0.25) is 0 Å². The first-order chi connectivity index (χ1) is 7.70. The summed E-state index contributed by atoms with van der Waals surface area (Å²) < 4.78 is 15.2. The van der Waals surface area contributed by atoms with Gasteiger partial charge in [-0.2, -0.15) is 5.10 Å². The van der Waals surface area contributed by atoms with E-state index in [9.17, 15) is 4.39 Å². The Labute approximate surface area is 93.9 Å². The summed E-state index contributed by atoms with van der Waals surface area (Å²) in [6.07, 6.45) is 0. The molecule has 0 radical (unpaired) electrons. The number of aryl methyl sites for hydroxylation is 1. The second-order valence-corrected chi connectivity index (χ2v) is 3.67. The van der Waals surface area contributed by atoms with Crippen molar-refractivity contribution in [2.24, 2.45) is 0 Å². The molecule has 0 saturated heterocycles. The van der Waals surface area contributed by atoms with Crippen molar-refractivity contribution in [2.45, 2.75) is 13.5 Å². The van der Waals surface area contributed by atoms with E-state index in [1.807, 2.05) is 26.1 Å². The third-order valence-corrected chi connectivity index (χ3v) is 2.52. The molecule has 0 aliphatic carbocycles. The van der Waals surface area contributed by atoms with Crippen LogP contribution in [0.5, 0.6) is 0 Å². The number of hydrogen-bond donors (Lipinski definition) is 1. The van der Waals surface area contributed by atoms with Gasteiger partial charge in [0.05, 0.1) is 6.54 Å². The Hall–Kier alpha value is -1.84.